The van der Waals surface area contributed by atoms with Gasteiger partial charge in [0.1, 0.15) is 0 Å². The molecule has 0 spiro atoms. The van der Waals surface area contributed by atoms with Crippen molar-refractivity contribution < 1.29 is 9.59 Å². The largest absolute Gasteiger partial charge is 0.325 e. The quantitative estimate of drug-likeness (QED) is 0.867. The molecule has 1 aliphatic rings. The summed E-state index contributed by atoms with van der Waals surface area (Å²) in [7, 11) is 1.47. The molecule has 1 atom stereocenters. The van der Waals surface area contributed by atoms with Crippen LogP contribution in [0.4, 0.5) is 4.79 Å². The fraction of sp³-hybridized carbons (Fsp3) is 0.125. The van der Waals surface area contributed by atoms with Crippen LogP contribution < -0.4 is 5.32 Å². The molecule has 0 radical (unpaired) electrons. The molecular formula is C16H13ClN2O2. The van der Waals surface area contributed by atoms with E-state index in [0.29, 0.717) is 10.6 Å². The zero-order chi connectivity index (χ0) is 15.0. The average molecular weight is 301 g/mol. The lowest BCUT2D eigenvalue weighted by atomic mass is 9.83. The zero-order valence-corrected chi connectivity index (χ0v) is 12.1. The van der Waals surface area contributed by atoms with Crippen molar-refractivity contribution in [1.29, 1.82) is 0 Å². The Morgan fingerprint density at radius 2 is 1.52 bits per heavy atom. The van der Waals surface area contributed by atoms with E-state index in [-0.39, 0.29) is 5.91 Å². The fourth-order valence-electron chi connectivity index (χ4n) is 2.59. The van der Waals surface area contributed by atoms with Gasteiger partial charge in [0.2, 0.25) is 0 Å². The van der Waals surface area contributed by atoms with Crippen LogP contribution in [0.25, 0.3) is 0 Å². The third-order valence-corrected chi connectivity index (χ3v) is 3.96. The lowest BCUT2D eigenvalue weighted by Crippen LogP contribution is -2.44. The van der Waals surface area contributed by atoms with E-state index in [9.17, 15) is 9.59 Å². The average Bonchev–Trinajstić information content (AvgIpc) is 2.74. The molecule has 2 aromatic carbocycles. The highest BCUT2D eigenvalue weighted by Crippen LogP contribution is 2.35. The molecule has 3 rings (SSSR count). The normalized spacial score (nSPS) is 21.5. The van der Waals surface area contributed by atoms with Crippen LogP contribution in [0.5, 0.6) is 0 Å². The topological polar surface area (TPSA) is 49.4 Å². The molecule has 21 heavy (non-hydrogen) atoms. The second-order valence-corrected chi connectivity index (χ2v) is 5.35. The Morgan fingerprint density at radius 3 is 2.05 bits per heavy atom. The molecule has 4 nitrogen and oxygen atoms in total. The van der Waals surface area contributed by atoms with Crippen molar-refractivity contribution in [3.63, 3.8) is 0 Å². The van der Waals surface area contributed by atoms with Crippen molar-refractivity contribution in [2.45, 2.75) is 5.54 Å². The van der Waals surface area contributed by atoms with E-state index in [1.165, 1.54) is 7.05 Å². The van der Waals surface area contributed by atoms with Crippen LogP contribution in [0.2, 0.25) is 5.02 Å². The van der Waals surface area contributed by atoms with Crippen LogP contribution in [0.3, 0.4) is 0 Å². The number of amides is 3. The van der Waals surface area contributed by atoms with Crippen molar-refractivity contribution >= 4 is 23.5 Å². The second-order valence-electron chi connectivity index (χ2n) is 4.92. The Kier molecular flexibility index (Phi) is 3.18. The van der Waals surface area contributed by atoms with Gasteiger partial charge in [-0.3, -0.25) is 9.69 Å². The number of nitrogens with one attached hydrogen (secondary N) is 1. The van der Waals surface area contributed by atoms with E-state index in [1.54, 1.807) is 24.3 Å². The molecular weight excluding hydrogens is 288 g/mol. The number of rotatable bonds is 2. The van der Waals surface area contributed by atoms with Crippen LogP contribution >= 0.6 is 11.6 Å². The van der Waals surface area contributed by atoms with E-state index in [4.69, 9.17) is 11.6 Å². The van der Waals surface area contributed by atoms with Crippen LogP contribution in [0, 0.1) is 0 Å². The van der Waals surface area contributed by atoms with Crippen LogP contribution in [0.1, 0.15) is 11.1 Å². The number of benzene rings is 2. The number of hydrogen-bond acceptors (Lipinski definition) is 2. The number of nitrogens with zero attached hydrogens (tertiary/aromatic N) is 1. The second kappa shape index (κ2) is 4.90. The zero-order valence-electron chi connectivity index (χ0n) is 11.3. The van der Waals surface area contributed by atoms with Crippen LogP contribution in [0.15, 0.2) is 54.6 Å². The predicted molar refractivity (Wildman–Crippen MR) is 80.0 cm³/mol. The van der Waals surface area contributed by atoms with Gasteiger partial charge >= 0.3 is 6.03 Å². The molecule has 0 saturated carbocycles. The maximum Gasteiger partial charge on any atom is 0.325 e. The maximum absolute atomic E-state index is 12.7. The molecule has 1 fully saturated rings. The highest BCUT2D eigenvalue weighted by Gasteiger charge is 2.52. The summed E-state index contributed by atoms with van der Waals surface area (Å²) in [5.74, 6) is -0.305. The van der Waals surface area contributed by atoms with E-state index >= 15 is 0 Å². The highest BCUT2D eigenvalue weighted by atomic mass is 35.5. The number of carbonyl (C=O) groups excluding carboxylic acids is 2. The van der Waals surface area contributed by atoms with Gasteiger partial charge in [0.05, 0.1) is 0 Å². The molecule has 1 heterocycles. The van der Waals surface area contributed by atoms with E-state index < -0.39 is 11.6 Å². The lowest BCUT2D eigenvalue weighted by molar-refractivity contribution is -0.129. The molecule has 2 aromatic rings. The van der Waals surface area contributed by atoms with Gasteiger partial charge in [-0.1, -0.05) is 54.1 Å². The number of likely N-dealkylation sites (N-methyl/N-ethyl adjacent to an activating group) is 1. The summed E-state index contributed by atoms with van der Waals surface area (Å²) < 4.78 is 0. The molecule has 0 aliphatic carbocycles. The number of hydrogen-bond donors (Lipinski definition) is 1. The fourth-order valence-corrected chi connectivity index (χ4v) is 2.71. The van der Waals surface area contributed by atoms with E-state index in [1.807, 2.05) is 30.3 Å². The molecule has 3 amide bonds. The molecule has 1 N–H and O–H groups in total. The first-order chi connectivity index (χ1) is 10.1. The molecule has 106 valence electrons. The van der Waals surface area contributed by atoms with Crippen molar-refractivity contribution in [2.75, 3.05) is 7.05 Å². The summed E-state index contributed by atoms with van der Waals surface area (Å²) in [5, 5.41) is 3.39. The van der Waals surface area contributed by atoms with E-state index in [0.717, 1.165) is 10.5 Å². The maximum atomic E-state index is 12.7. The molecule has 0 unspecified atom stereocenters. The van der Waals surface area contributed by atoms with Crippen molar-refractivity contribution in [1.82, 2.24) is 10.2 Å². The van der Waals surface area contributed by atoms with Gasteiger partial charge in [0, 0.05) is 12.1 Å². The molecule has 0 aromatic heterocycles. The summed E-state index contributed by atoms with van der Waals surface area (Å²) in [5.41, 5.74) is 0.202. The number of urea groups is 1. The minimum absolute atomic E-state index is 0.305. The van der Waals surface area contributed by atoms with Gasteiger partial charge < -0.3 is 5.32 Å². The van der Waals surface area contributed by atoms with Crippen molar-refractivity contribution in [2.24, 2.45) is 0 Å². The molecule has 1 aliphatic heterocycles. The van der Waals surface area contributed by atoms with Gasteiger partial charge in [-0.2, -0.15) is 0 Å². The number of halogens is 1. The Bertz CT molecular complexity index is 700. The minimum atomic E-state index is -1.20. The first-order valence-corrected chi connectivity index (χ1v) is 6.85. The summed E-state index contributed by atoms with van der Waals surface area (Å²) >= 11 is 5.92. The Balaban J connectivity index is 2.24. The lowest BCUT2D eigenvalue weighted by Gasteiger charge is -2.27. The predicted octanol–water partition coefficient (Wildman–Crippen LogP) is 2.77. The summed E-state index contributed by atoms with van der Waals surface area (Å²) in [6, 6.07) is 15.7. The monoisotopic (exact) mass is 300 g/mol. The molecule has 1 saturated heterocycles. The molecule has 0 bridgehead atoms. The third-order valence-electron chi connectivity index (χ3n) is 3.71. The smallest absolute Gasteiger partial charge is 0.316 e. The number of carbonyl (C=O) groups is 2. The van der Waals surface area contributed by atoms with Gasteiger partial charge in [-0.05, 0) is 23.3 Å². The summed E-state index contributed by atoms with van der Waals surface area (Å²) in [6.45, 7) is 0. The first-order valence-electron chi connectivity index (χ1n) is 6.47. The Hall–Kier alpha value is -2.33. The number of imide groups is 1. The Morgan fingerprint density at radius 1 is 0.952 bits per heavy atom. The van der Waals surface area contributed by atoms with Gasteiger partial charge in [-0.25, -0.2) is 4.79 Å². The minimum Gasteiger partial charge on any atom is -0.316 e. The third kappa shape index (κ3) is 1.99. The summed E-state index contributed by atoms with van der Waals surface area (Å²) in [6.07, 6.45) is 0. The van der Waals surface area contributed by atoms with Gasteiger partial charge in [0.15, 0.2) is 5.54 Å². The Labute approximate surface area is 127 Å². The van der Waals surface area contributed by atoms with Crippen LogP contribution in [-0.4, -0.2) is 23.9 Å². The van der Waals surface area contributed by atoms with Crippen LogP contribution in [-0.2, 0) is 10.3 Å². The summed E-state index contributed by atoms with van der Waals surface area (Å²) in [4.78, 5) is 25.8. The standard InChI is InChI=1S/C16H13ClN2O2/c1-19-14(20)16(18-15(19)21,11-5-3-2-4-6-11)12-7-9-13(17)10-8-12/h2-10H,1H3,(H,18,21)/t16-/m0/s1. The SMILES string of the molecule is CN1C(=O)N[C@@](c2ccccc2)(c2ccc(Cl)cc2)C1=O. The van der Waals surface area contributed by atoms with Crippen molar-refractivity contribution in [3.05, 3.63) is 70.7 Å². The first kappa shape index (κ1) is 13.6. The van der Waals surface area contributed by atoms with Gasteiger partial charge in [-0.15, -0.1) is 0 Å². The van der Waals surface area contributed by atoms with Gasteiger partial charge in [0.25, 0.3) is 5.91 Å². The highest BCUT2D eigenvalue weighted by molar-refractivity contribution is 6.30. The van der Waals surface area contributed by atoms with Crippen molar-refractivity contribution in [3.8, 4) is 0 Å². The molecule has 5 heteroatoms. The van der Waals surface area contributed by atoms with E-state index in [2.05, 4.69) is 5.32 Å².